The standard InChI is InChI=1S/C15H24N2O/c1-11(18-2)10-17-15(9-16)14-7-5-13(6-8-14)12-3-4-12/h5-8,11-12,15,17H,3-4,9-10,16H2,1-2H3. The Kier molecular flexibility index (Phi) is 4.75. The van der Waals surface area contributed by atoms with Gasteiger partial charge in [0.2, 0.25) is 0 Å². The van der Waals surface area contributed by atoms with E-state index >= 15 is 0 Å². The number of benzene rings is 1. The van der Waals surface area contributed by atoms with E-state index in [1.54, 1.807) is 7.11 Å². The first-order chi connectivity index (χ1) is 8.74. The van der Waals surface area contributed by atoms with Gasteiger partial charge in [-0.15, -0.1) is 0 Å². The van der Waals surface area contributed by atoms with Crippen LogP contribution in [-0.4, -0.2) is 26.3 Å². The van der Waals surface area contributed by atoms with Crippen LogP contribution in [0.5, 0.6) is 0 Å². The Labute approximate surface area is 110 Å². The molecule has 0 saturated heterocycles. The molecule has 3 N–H and O–H groups in total. The highest BCUT2D eigenvalue weighted by molar-refractivity contribution is 5.29. The van der Waals surface area contributed by atoms with Gasteiger partial charge in [-0.2, -0.15) is 0 Å². The number of methoxy groups -OCH3 is 1. The van der Waals surface area contributed by atoms with Gasteiger partial charge in [0.05, 0.1) is 6.10 Å². The molecule has 1 aromatic carbocycles. The number of ether oxygens (including phenoxy) is 1. The smallest absolute Gasteiger partial charge is 0.0667 e. The van der Waals surface area contributed by atoms with Crippen molar-refractivity contribution in [2.75, 3.05) is 20.2 Å². The van der Waals surface area contributed by atoms with Crippen LogP contribution in [0.15, 0.2) is 24.3 Å². The molecule has 0 heterocycles. The third-order valence-corrected chi connectivity index (χ3v) is 3.68. The van der Waals surface area contributed by atoms with Crippen molar-refractivity contribution in [3.05, 3.63) is 35.4 Å². The van der Waals surface area contributed by atoms with Crippen molar-refractivity contribution >= 4 is 0 Å². The minimum absolute atomic E-state index is 0.213. The summed E-state index contributed by atoms with van der Waals surface area (Å²) >= 11 is 0. The van der Waals surface area contributed by atoms with Gasteiger partial charge in [0, 0.05) is 26.2 Å². The zero-order chi connectivity index (χ0) is 13.0. The fourth-order valence-electron chi connectivity index (χ4n) is 2.15. The lowest BCUT2D eigenvalue weighted by Gasteiger charge is -2.20. The monoisotopic (exact) mass is 248 g/mol. The average Bonchev–Trinajstić information content (AvgIpc) is 3.24. The van der Waals surface area contributed by atoms with E-state index in [0.717, 1.165) is 12.5 Å². The molecule has 100 valence electrons. The van der Waals surface area contributed by atoms with Crippen LogP contribution in [0, 0.1) is 0 Å². The highest BCUT2D eigenvalue weighted by atomic mass is 16.5. The summed E-state index contributed by atoms with van der Waals surface area (Å²) in [5.41, 5.74) is 8.58. The lowest BCUT2D eigenvalue weighted by Crippen LogP contribution is -2.33. The van der Waals surface area contributed by atoms with Gasteiger partial charge >= 0.3 is 0 Å². The molecule has 2 rings (SSSR count). The van der Waals surface area contributed by atoms with E-state index in [9.17, 15) is 0 Å². The van der Waals surface area contributed by atoms with Crippen LogP contribution in [0.2, 0.25) is 0 Å². The van der Waals surface area contributed by atoms with E-state index in [4.69, 9.17) is 10.5 Å². The van der Waals surface area contributed by atoms with E-state index in [-0.39, 0.29) is 12.1 Å². The fraction of sp³-hybridized carbons (Fsp3) is 0.600. The molecule has 3 nitrogen and oxygen atoms in total. The maximum absolute atomic E-state index is 5.84. The van der Waals surface area contributed by atoms with Crippen LogP contribution >= 0.6 is 0 Å². The number of hydrogen-bond donors (Lipinski definition) is 2. The zero-order valence-corrected chi connectivity index (χ0v) is 11.4. The van der Waals surface area contributed by atoms with Crippen molar-refractivity contribution in [3.63, 3.8) is 0 Å². The number of rotatable bonds is 7. The lowest BCUT2D eigenvalue weighted by atomic mass is 10.0. The molecule has 1 aliphatic carbocycles. The maximum Gasteiger partial charge on any atom is 0.0667 e. The molecule has 1 saturated carbocycles. The molecule has 0 aromatic heterocycles. The lowest BCUT2D eigenvalue weighted by molar-refractivity contribution is 0.114. The van der Waals surface area contributed by atoms with E-state index in [1.807, 2.05) is 0 Å². The molecule has 0 radical (unpaired) electrons. The van der Waals surface area contributed by atoms with Gasteiger partial charge in [0.25, 0.3) is 0 Å². The Hall–Kier alpha value is -0.900. The number of nitrogens with one attached hydrogen (secondary N) is 1. The molecule has 1 aromatic rings. The van der Waals surface area contributed by atoms with Gasteiger partial charge in [-0.3, -0.25) is 0 Å². The molecule has 2 atom stereocenters. The Balaban J connectivity index is 1.93. The van der Waals surface area contributed by atoms with E-state index < -0.39 is 0 Å². The fourth-order valence-corrected chi connectivity index (χ4v) is 2.15. The Morgan fingerprint density at radius 2 is 2.00 bits per heavy atom. The van der Waals surface area contributed by atoms with Crippen molar-refractivity contribution in [1.29, 1.82) is 0 Å². The average molecular weight is 248 g/mol. The third kappa shape index (κ3) is 3.55. The summed E-state index contributed by atoms with van der Waals surface area (Å²) in [7, 11) is 1.73. The molecule has 0 spiro atoms. The van der Waals surface area contributed by atoms with Crippen LogP contribution in [0.1, 0.15) is 42.9 Å². The Morgan fingerprint density at radius 3 is 2.50 bits per heavy atom. The molecular weight excluding hydrogens is 224 g/mol. The van der Waals surface area contributed by atoms with Gasteiger partial charge in [0.1, 0.15) is 0 Å². The maximum atomic E-state index is 5.84. The highest BCUT2D eigenvalue weighted by Crippen LogP contribution is 2.40. The first kappa shape index (κ1) is 13.5. The summed E-state index contributed by atoms with van der Waals surface area (Å²) in [6, 6.07) is 9.12. The second kappa shape index (κ2) is 6.32. The van der Waals surface area contributed by atoms with Crippen molar-refractivity contribution < 1.29 is 4.74 Å². The molecule has 1 aliphatic rings. The summed E-state index contributed by atoms with van der Waals surface area (Å²) in [6.07, 6.45) is 2.91. The van der Waals surface area contributed by atoms with Gasteiger partial charge in [0.15, 0.2) is 0 Å². The quantitative estimate of drug-likeness (QED) is 0.777. The van der Waals surface area contributed by atoms with Gasteiger partial charge in [-0.25, -0.2) is 0 Å². The minimum Gasteiger partial charge on any atom is -0.380 e. The molecule has 0 amide bonds. The summed E-state index contributed by atoms with van der Waals surface area (Å²) in [6.45, 7) is 3.48. The Morgan fingerprint density at radius 1 is 1.33 bits per heavy atom. The summed E-state index contributed by atoms with van der Waals surface area (Å²) in [5.74, 6) is 0.817. The second-order valence-corrected chi connectivity index (χ2v) is 5.18. The van der Waals surface area contributed by atoms with E-state index in [1.165, 1.54) is 24.0 Å². The molecule has 1 fully saturated rings. The molecule has 0 bridgehead atoms. The molecular formula is C15H24N2O. The highest BCUT2D eigenvalue weighted by Gasteiger charge is 2.23. The SMILES string of the molecule is COC(C)CNC(CN)c1ccc(C2CC2)cc1. The first-order valence-corrected chi connectivity index (χ1v) is 6.80. The third-order valence-electron chi connectivity index (χ3n) is 3.68. The molecule has 3 heteroatoms. The normalized spacial score (nSPS) is 18.6. The zero-order valence-electron chi connectivity index (χ0n) is 11.4. The second-order valence-electron chi connectivity index (χ2n) is 5.18. The summed E-state index contributed by atoms with van der Waals surface area (Å²) in [5, 5.41) is 3.45. The topological polar surface area (TPSA) is 47.3 Å². The predicted octanol–water partition coefficient (Wildman–Crippen LogP) is 2.19. The summed E-state index contributed by atoms with van der Waals surface area (Å²) in [4.78, 5) is 0. The molecule has 18 heavy (non-hydrogen) atoms. The molecule has 2 unspecified atom stereocenters. The van der Waals surface area contributed by atoms with Crippen molar-refractivity contribution in [2.24, 2.45) is 5.73 Å². The minimum atomic E-state index is 0.213. The van der Waals surface area contributed by atoms with E-state index in [0.29, 0.717) is 6.54 Å². The van der Waals surface area contributed by atoms with Crippen LogP contribution in [0.25, 0.3) is 0 Å². The van der Waals surface area contributed by atoms with Gasteiger partial charge in [-0.05, 0) is 36.8 Å². The van der Waals surface area contributed by atoms with Crippen LogP contribution in [-0.2, 0) is 4.74 Å². The van der Waals surface area contributed by atoms with Crippen LogP contribution in [0.3, 0.4) is 0 Å². The van der Waals surface area contributed by atoms with Crippen molar-refractivity contribution in [1.82, 2.24) is 5.32 Å². The summed E-state index contributed by atoms with van der Waals surface area (Å²) < 4.78 is 5.24. The van der Waals surface area contributed by atoms with Gasteiger partial charge in [-0.1, -0.05) is 24.3 Å². The number of nitrogens with two attached hydrogens (primary N) is 1. The van der Waals surface area contributed by atoms with Crippen molar-refractivity contribution in [2.45, 2.75) is 37.8 Å². The van der Waals surface area contributed by atoms with Crippen LogP contribution < -0.4 is 11.1 Å². The van der Waals surface area contributed by atoms with Crippen LogP contribution in [0.4, 0.5) is 0 Å². The van der Waals surface area contributed by atoms with Gasteiger partial charge < -0.3 is 15.8 Å². The Bertz CT molecular complexity index is 359. The first-order valence-electron chi connectivity index (χ1n) is 6.80. The molecule has 0 aliphatic heterocycles. The van der Waals surface area contributed by atoms with E-state index in [2.05, 4.69) is 36.5 Å². The predicted molar refractivity (Wildman–Crippen MR) is 74.7 cm³/mol. The van der Waals surface area contributed by atoms with Crippen molar-refractivity contribution in [3.8, 4) is 0 Å². The largest absolute Gasteiger partial charge is 0.380 e. The number of hydrogen-bond acceptors (Lipinski definition) is 3.